The fourth-order valence-corrected chi connectivity index (χ4v) is 2.69. The first-order valence-electron chi connectivity index (χ1n) is 6.97. The molecule has 0 aliphatic carbocycles. The van der Waals surface area contributed by atoms with Crippen LogP contribution in [0.5, 0.6) is 0 Å². The van der Waals surface area contributed by atoms with Crippen molar-refractivity contribution < 1.29 is 4.74 Å². The summed E-state index contributed by atoms with van der Waals surface area (Å²) in [6.45, 7) is 6.32. The van der Waals surface area contributed by atoms with Gasteiger partial charge in [0.05, 0.1) is 6.10 Å². The molecule has 0 saturated carbocycles. The van der Waals surface area contributed by atoms with Crippen molar-refractivity contribution in [2.75, 3.05) is 37.5 Å². The monoisotopic (exact) mass is 264 g/mol. The molecule has 0 bridgehead atoms. The largest absolute Gasteiger partial charge is 0.380 e. The zero-order valence-corrected chi connectivity index (χ0v) is 12.3. The Morgan fingerprint density at radius 1 is 1.42 bits per heavy atom. The van der Waals surface area contributed by atoms with Crippen LogP contribution in [0.4, 0.5) is 11.6 Å². The summed E-state index contributed by atoms with van der Waals surface area (Å²) in [6, 6.07) is 0. The van der Waals surface area contributed by atoms with Crippen LogP contribution in [0.1, 0.15) is 38.2 Å². The van der Waals surface area contributed by atoms with Crippen molar-refractivity contribution in [1.82, 2.24) is 9.97 Å². The molecular formula is C14H24N4O. The van der Waals surface area contributed by atoms with Gasteiger partial charge in [-0.3, -0.25) is 0 Å². The van der Waals surface area contributed by atoms with E-state index in [1.165, 1.54) is 5.56 Å². The maximum atomic E-state index is 5.50. The van der Waals surface area contributed by atoms with Gasteiger partial charge in [-0.15, -0.1) is 0 Å². The van der Waals surface area contributed by atoms with Crippen molar-refractivity contribution in [2.45, 2.75) is 38.7 Å². The number of aromatic nitrogens is 2. The first-order chi connectivity index (χ1) is 9.17. The van der Waals surface area contributed by atoms with E-state index in [0.29, 0.717) is 12.0 Å². The van der Waals surface area contributed by atoms with Crippen molar-refractivity contribution >= 4 is 11.6 Å². The minimum absolute atomic E-state index is 0.307. The molecule has 0 spiro atoms. The molecule has 1 aliphatic rings. The number of rotatable bonds is 4. The summed E-state index contributed by atoms with van der Waals surface area (Å²) < 4.78 is 5.50. The fourth-order valence-electron chi connectivity index (χ4n) is 2.69. The smallest absolute Gasteiger partial charge is 0.137 e. The predicted octanol–water partition coefficient (Wildman–Crippen LogP) is 2.26. The van der Waals surface area contributed by atoms with E-state index in [9.17, 15) is 0 Å². The van der Waals surface area contributed by atoms with Crippen LogP contribution in [0.2, 0.25) is 0 Å². The Labute approximate surface area is 115 Å². The first-order valence-corrected chi connectivity index (χ1v) is 6.97. The van der Waals surface area contributed by atoms with Crippen molar-refractivity contribution in [3.8, 4) is 0 Å². The molecule has 1 aliphatic heterocycles. The van der Waals surface area contributed by atoms with Gasteiger partial charge in [-0.2, -0.15) is 0 Å². The summed E-state index contributed by atoms with van der Waals surface area (Å²) in [4.78, 5) is 11.2. The number of anilines is 2. The quantitative estimate of drug-likeness (QED) is 0.904. The number of piperidine rings is 1. The lowest BCUT2D eigenvalue weighted by Crippen LogP contribution is -2.40. The average molecular weight is 264 g/mol. The van der Waals surface area contributed by atoms with Crippen LogP contribution in [0.25, 0.3) is 0 Å². The SMILES string of the molecule is CNc1ncnc(N2CCCC(OC)C2)c1C(C)C. The number of hydrogen-bond acceptors (Lipinski definition) is 5. The van der Waals surface area contributed by atoms with Gasteiger partial charge in [0.1, 0.15) is 18.0 Å². The maximum Gasteiger partial charge on any atom is 0.137 e. The summed E-state index contributed by atoms with van der Waals surface area (Å²) in [5, 5.41) is 3.17. The molecule has 1 N–H and O–H groups in total. The fraction of sp³-hybridized carbons (Fsp3) is 0.714. The zero-order chi connectivity index (χ0) is 13.8. The van der Waals surface area contributed by atoms with E-state index in [0.717, 1.165) is 37.6 Å². The van der Waals surface area contributed by atoms with E-state index in [1.807, 2.05) is 7.05 Å². The van der Waals surface area contributed by atoms with E-state index < -0.39 is 0 Å². The Morgan fingerprint density at radius 2 is 2.21 bits per heavy atom. The molecular weight excluding hydrogens is 240 g/mol. The van der Waals surface area contributed by atoms with Gasteiger partial charge in [0.2, 0.25) is 0 Å². The number of nitrogens with one attached hydrogen (secondary N) is 1. The van der Waals surface area contributed by atoms with Gasteiger partial charge in [0.25, 0.3) is 0 Å². The van der Waals surface area contributed by atoms with Gasteiger partial charge in [-0.05, 0) is 18.8 Å². The molecule has 1 saturated heterocycles. The summed E-state index contributed by atoms with van der Waals surface area (Å²) in [6.07, 6.45) is 4.23. The van der Waals surface area contributed by atoms with Crippen LogP contribution in [-0.2, 0) is 4.74 Å². The van der Waals surface area contributed by atoms with Crippen molar-refractivity contribution in [3.05, 3.63) is 11.9 Å². The Hall–Kier alpha value is -1.36. The third-order valence-electron chi connectivity index (χ3n) is 3.69. The van der Waals surface area contributed by atoms with Gasteiger partial charge in [-0.1, -0.05) is 13.8 Å². The lowest BCUT2D eigenvalue weighted by Gasteiger charge is -2.34. The predicted molar refractivity (Wildman–Crippen MR) is 77.9 cm³/mol. The summed E-state index contributed by atoms with van der Waals surface area (Å²) in [7, 11) is 3.70. The minimum Gasteiger partial charge on any atom is -0.380 e. The molecule has 19 heavy (non-hydrogen) atoms. The summed E-state index contributed by atoms with van der Waals surface area (Å²) in [5.41, 5.74) is 1.20. The Balaban J connectivity index is 2.33. The van der Waals surface area contributed by atoms with Crippen molar-refractivity contribution in [2.24, 2.45) is 0 Å². The topological polar surface area (TPSA) is 50.3 Å². The molecule has 5 nitrogen and oxygen atoms in total. The molecule has 1 atom stereocenters. The molecule has 0 radical (unpaired) electrons. The molecule has 1 aromatic heterocycles. The maximum absolute atomic E-state index is 5.50. The molecule has 0 aromatic carbocycles. The summed E-state index contributed by atoms with van der Waals surface area (Å²) >= 11 is 0. The normalized spacial score (nSPS) is 19.8. The third-order valence-corrected chi connectivity index (χ3v) is 3.69. The van der Waals surface area contributed by atoms with Crippen molar-refractivity contribution in [3.63, 3.8) is 0 Å². The zero-order valence-electron chi connectivity index (χ0n) is 12.3. The number of nitrogens with zero attached hydrogens (tertiary/aromatic N) is 3. The van der Waals surface area contributed by atoms with E-state index >= 15 is 0 Å². The second-order valence-corrected chi connectivity index (χ2v) is 5.31. The third kappa shape index (κ3) is 2.97. The van der Waals surface area contributed by atoms with Crippen LogP contribution in [0.3, 0.4) is 0 Å². The molecule has 106 valence electrons. The lowest BCUT2D eigenvalue weighted by molar-refractivity contribution is 0.0891. The second-order valence-electron chi connectivity index (χ2n) is 5.31. The molecule has 2 rings (SSSR count). The van der Waals surface area contributed by atoms with Crippen LogP contribution in [0.15, 0.2) is 6.33 Å². The molecule has 5 heteroatoms. The molecule has 1 aromatic rings. The van der Waals surface area contributed by atoms with E-state index in [-0.39, 0.29) is 0 Å². The molecule has 2 heterocycles. The second kappa shape index (κ2) is 6.19. The van der Waals surface area contributed by atoms with E-state index in [2.05, 4.69) is 34.0 Å². The Morgan fingerprint density at radius 3 is 2.84 bits per heavy atom. The van der Waals surface area contributed by atoms with Gasteiger partial charge in [0, 0.05) is 32.8 Å². The highest BCUT2D eigenvalue weighted by Crippen LogP contribution is 2.32. The Bertz CT molecular complexity index is 422. The van der Waals surface area contributed by atoms with Gasteiger partial charge in [0.15, 0.2) is 0 Å². The van der Waals surface area contributed by atoms with Crippen molar-refractivity contribution in [1.29, 1.82) is 0 Å². The Kier molecular flexibility index (Phi) is 4.58. The van der Waals surface area contributed by atoms with Crippen LogP contribution in [-0.4, -0.2) is 43.3 Å². The standard InChI is InChI=1S/C14H24N4O/c1-10(2)12-13(15-3)16-9-17-14(12)18-7-5-6-11(8-18)19-4/h9-11H,5-8H2,1-4H3,(H,15,16,17). The molecule has 1 fully saturated rings. The number of methoxy groups -OCH3 is 1. The first kappa shape index (κ1) is 14.1. The molecule has 0 amide bonds. The average Bonchev–Trinajstić information content (AvgIpc) is 2.46. The highest BCUT2D eigenvalue weighted by atomic mass is 16.5. The van der Waals surface area contributed by atoms with Crippen LogP contribution in [0, 0.1) is 0 Å². The highest BCUT2D eigenvalue weighted by Gasteiger charge is 2.24. The van der Waals surface area contributed by atoms with Gasteiger partial charge in [-0.25, -0.2) is 9.97 Å². The van der Waals surface area contributed by atoms with Gasteiger partial charge >= 0.3 is 0 Å². The van der Waals surface area contributed by atoms with Crippen LogP contribution >= 0.6 is 0 Å². The lowest BCUT2D eigenvalue weighted by atomic mass is 10.0. The van der Waals surface area contributed by atoms with E-state index in [4.69, 9.17) is 4.74 Å². The van der Waals surface area contributed by atoms with E-state index in [1.54, 1.807) is 13.4 Å². The van der Waals surface area contributed by atoms with Gasteiger partial charge < -0.3 is 15.0 Å². The number of ether oxygens (including phenoxy) is 1. The van der Waals surface area contributed by atoms with Crippen LogP contribution < -0.4 is 10.2 Å². The molecule has 1 unspecified atom stereocenters. The number of hydrogen-bond donors (Lipinski definition) is 1. The summed E-state index contributed by atoms with van der Waals surface area (Å²) in [5.74, 6) is 2.37. The minimum atomic E-state index is 0.307. The highest BCUT2D eigenvalue weighted by molar-refractivity contribution is 5.60.